The minimum Gasteiger partial charge on any atom is -0.350 e. The molecule has 1 aromatic carbocycles. The second kappa shape index (κ2) is 7.69. The van der Waals surface area contributed by atoms with Crippen molar-refractivity contribution < 1.29 is 4.79 Å². The maximum absolute atomic E-state index is 11.9. The van der Waals surface area contributed by atoms with Crippen molar-refractivity contribution in [2.24, 2.45) is 0 Å². The molecule has 0 spiro atoms. The lowest BCUT2D eigenvalue weighted by Gasteiger charge is -2.15. The van der Waals surface area contributed by atoms with E-state index in [0.717, 1.165) is 29.7 Å². The summed E-state index contributed by atoms with van der Waals surface area (Å²) in [6, 6.07) is 5.57. The zero-order chi connectivity index (χ0) is 14.5. The summed E-state index contributed by atoms with van der Waals surface area (Å²) in [5, 5.41) is 16.0. The Bertz CT molecular complexity index is 536. The van der Waals surface area contributed by atoms with Crippen molar-refractivity contribution in [3.63, 3.8) is 0 Å². The van der Waals surface area contributed by atoms with Gasteiger partial charge >= 0.3 is 6.03 Å². The van der Waals surface area contributed by atoms with Gasteiger partial charge in [-0.3, -0.25) is 10.7 Å². The van der Waals surface area contributed by atoms with Crippen LogP contribution in [-0.2, 0) is 0 Å². The highest BCUT2D eigenvalue weighted by atomic mass is 35.5. The summed E-state index contributed by atoms with van der Waals surface area (Å²) in [6.07, 6.45) is 6.06. The van der Waals surface area contributed by atoms with Gasteiger partial charge in [0.2, 0.25) is 0 Å². The number of benzene rings is 1. The average Bonchev–Trinajstić information content (AvgIpc) is 2.86. The van der Waals surface area contributed by atoms with Gasteiger partial charge in [0.25, 0.3) is 0 Å². The summed E-state index contributed by atoms with van der Waals surface area (Å²) >= 11 is 0. The maximum Gasteiger partial charge on any atom is 0.326 e. The Morgan fingerprint density at radius 1 is 1.29 bits per heavy atom. The highest BCUT2D eigenvalue weighted by molar-refractivity contribution is 6.02. The van der Waals surface area contributed by atoms with Crippen molar-refractivity contribution >= 4 is 30.1 Å². The molecule has 1 unspecified atom stereocenters. The molecule has 5 nitrogen and oxygen atoms in total. The van der Waals surface area contributed by atoms with E-state index in [2.05, 4.69) is 22.0 Å². The molecule has 0 bridgehead atoms. The molecule has 0 heterocycles. The second-order valence-corrected chi connectivity index (χ2v) is 4.98. The zero-order valence-corrected chi connectivity index (χ0v) is 13.0. The fourth-order valence-electron chi connectivity index (χ4n) is 2.24. The quantitative estimate of drug-likeness (QED) is 0.385. The van der Waals surface area contributed by atoms with Gasteiger partial charge in [0, 0.05) is 11.7 Å². The molecule has 0 radical (unpaired) electrons. The van der Waals surface area contributed by atoms with Gasteiger partial charge in [-0.05, 0) is 37.8 Å². The predicted molar refractivity (Wildman–Crippen MR) is 88.3 cm³/mol. The molecular formula is C15H21ClN4O. The third kappa shape index (κ3) is 4.79. The molecule has 1 aliphatic rings. The van der Waals surface area contributed by atoms with E-state index in [9.17, 15) is 4.79 Å². The maximum atomic E-state index is 11.9. The Morgan fingerprint density at radius 3 is 2.52 bits per heavy atom. The summed E-state index contributed by atoms with van der Waals surface area (Å²) in [6.45, 7) is 3.88. The smallest absolute Gasteiger partial charge is 0.326 e. The Morgan fingerprint density at radius 2 is 1.95 bits per heavy atom. The molecular weight excluding hydrogens is 288 g/mol. The lowest BCUT2D eigenvalue weighted by molar-refractivity contribution is 0.255. The van der Waals surface area contributed by atoms with Crippen molar-refractivity contribution in [1.29, 1.82) is 5.41 Å². The van der Waals surface area contributed by atoms with Crippen molar-refractivity contribution in [1.82, 2.24) is 10.6 Å². The number of urea groups is 1. The van der Waals surface area contributed by atoms with Gasteiger partial charge < -0.3 is 10.6 Å². The standard InChI is InChI=1S/C15H20N4O.ClH/c1-10-6-5-7-11(2)13(10)18-15(20)19-14(16)17-12-8-3-4-9-12;/h3,5-8,12H,4,9H2,1-2H3,(H4,16,17,18,19,20);1H. The SMILES string of the molecule is Cc1cccc(C)c1NC(=O)NC(=N)NC1C=CCC1.Cl. The topological polar surface area (TPSA) is 77.0 Å². The van der Waals surface area contributed by atoms with Gasteiger partial charge in [0.15, 0.2) is 5.96 Å². The summed E-state index contributed by atoms with van der Waals surface area (Å²) < 4.78 is 0. The molecule has 0 saturated heterocycles. The van der Waals surface area contributed by atoms with Crippen LogP contribution in [0.4, 0.5) is 10.5 Å². The fraction of sp³-hybridized carbons (Fsp3) is 0.333. The number of allylic oxidation sites excluding steroid dienone is 1. The highest BCUT2D eigenvalue weighted by Gasteiger charge is 2.12. The van der Waals surface area contributed by atoms with E-state index in [1.54, 1.807) is 0 Å². The molecule has 1 aliphatic carbocycles. The zero-order valence-electron chi connectivity index (χ0n) is 12.2. The minimum absolute atomic E-state index is 0. The van der Waals surface area contributed by atoms with Gasteiger partial charge in [0.05, 0.1) is 0 Å². The minimum atomic E-state index is -0.401. The molecule has 1 aromatic rings. The Balaban J connectivity index is 0.00000220. The number of para-hydroxylation sites is 1. The van der Waals surface area contributed by atoms with Crippen LogP contribution in [0.15, 0.2) is 30.4 Å². The Kier molecular flexibility index (Phi) is 6.24. The number of aryl methyl sites for hydroxylation is 2. The molecule has 0 aliphatic heterocycles. The van der Waals surface area contributed by atoms with Crippen LogP contribution in [0.3, 0.4) is 0 Å². The van der Waals surface area contributed by atoms with Gasteiger partial charge in [-0.2, -0.15) is 0 Å². The first-order valence-electron chi connectivity index (χ1n) is 6.72. The third-order valence-corrected chi connectivity index (χ3v) is 3.30. The number of hydrogen-bond donors (Lipinski definition) is 4. The number of rotatable bonds is 2. The van der Waals surface area contributed by atoms with Crippen LogP contribution >= 0.6 is 12.4 Å². The van der Waals surface area contributed by atoms with E-state index in [1.807, 2.05) is 38.1 Å². The van der Waals surface area contributed by atoms with Gasteiger partial charge in [0.1, 0.15) is 0 Å². The van der Waals surface area contributed by atoms with Crippen LogP contribution in [0, 0.1) is 19.3 Å². The largest absolute Gasteiger partial charge is 0.350 e. The van der Waals surface area contributed by atoms with Gasteiger partial charge in [-0.25, -0.2) is 4.79 Å². The molecule has 2 rings (SSSR count). The molecule has 21 heavy (non-hydrogen) atoms. The normalized spacial score (nSPS) is 16.0. The molecule has 0 saturated carbocycles. The molecule has 0 fully saturated rings. The number of halogens is 1. The van der Waals surface area contributed by atoms with Crippen LogP contribution in [0.5, 0.6) is 0 Å². The van der Waals surface area contributed by atoms with Crippen LogP contribution in [0.25, 0.3) is 0 Å². The predicted octanol–water partition coefficient (Wildman–Crippen LogP) is 3.09. The van der Waals surface area contributed by atoms with E-state index in [-0.39, 0.29) is 24.4 Å². The van der Waals surface area contributed by atoms with Gasteiger partial charge in [-0.15, -0.1) is 12.4 Å². The van der Waals surface area contributed by atoms with E-state index in [0.29, 0.717) is 0 Å². The fourth-order valence-corrected chi connectivity index (χ4v) is 2.24. The number of anilines is 1. The number of hydrogen-bond acceptors (Lipinski definition) is 2. The summed E-state index contributed by atoms with van der Waals surface area (Å²) in [7, 11) is 0. The van der Waals surface area contributed by atoms with Gasteiger partial charge in [-0.1, -0.05) is 30.4 Å². The van der Waals surface area contributed by atoms with Crippen LogP contribution in [0.2, 0.25) is 0 Å². The van der Waals surface area contributed by atoms with Crippen LogP contribution in [0.1, 0.15) is 24.0 Å². The first-order chi connectivity index (χ1) is 9.56. The highest BCUT2D eigenvalue weighted by Crippen LogP contribution is 2.19. The van der Waals surface area contributed by atoms with Crippen LogP contribution in [-0.4, -0.2) is 18.0 Å². The van der Waals surface area contributed by atoms with Crippen molar-refractivity contribution in [3.8, 4) is 0 Å². The summed E-state index contributed by atoms with van der Waals surface area (Å²) in [5.41, 5.74) is 2.79. The summed E-state index contributed by atoms with van der Waals surface area (Å²) in [5.74, 6) is 0.0188. The molecule has 2 amide bonds. The van der Waals surface area contributed by atoms with Crippen molar-refractivity contribution in [3.05, 3.63) is 41.5 Å². The first-order valence-corrected chi connectivity index (χ1v) is 6.72. The van der Waals surface area contributed by atoms with E-state index in [4.69, 9.17) is 5.41 Å². The van der Waals surface area contributed by atoms with Crippen LogP contribution < -0.4 is 16.0 Å². The van der Waals surface area contributed by atoms with E-state index in [1.165, 1.54) is 0 Å². The monoisotopic (exact) mass is 308 g/mol. The number of carbonyl (C=O) groups is 1. The first kappa shape index (κ1) is 17.0. The van der Waals surface area contributed by atoms with E-state index < -0.39 is 6.03 Å². The molecule has 6 heteroatoms. The summed E-state index contributed by atoms with van der Waals surface area (Å²) in [4.78, 5) is 11.9. The number of guanidine groups is 1. The average molecular weight is 309 g/mol. The van der Waals surface area contributed by atoms with E-state index >= 15 is 0 Å². The molecule has 4 N–H and O–H groups in total. The Hall–Kier alpha value is -2.01. The Labute approximate surface area is 131 Å². The number of nitrogens with one attached hydrogen (secondary N) is 4. The molecule has 0 aromatic heterocycles. The number of amides is 2. The third-order valence-electron chi connectivity index (χ3n) is 3.30. The van der Waals surface area contributed by atoms with Crippen molar-refractivity contribution in [2.75, 3.05) is 5.32 Å². The van der Waals surface area contributed by atoms with Crippen molar-refractivity contribution in [2.45, 2.75) is 32.7 Å². The molecule has 114 valence electrons. The lowest BCUT2D eigenvalue weighted by Crippen LogP contribution is -2.45. The lowest BCUT2D eigenvalue weighted by atomic mass is 10.1. The second-order valence-electron chi connectivity index (χ2n) is 4.98. The number of carbonyl (C=O) groups excluding carboxylic acids is 1. The molecule has 1 atom stereocenters.